The van der Waals surface area contributed by atoms with Crippen LogP contribution in [0.4, 0.5) is 4.79 Å². The van der Waals surface area contributed by atoms with Crippen molar-refractivity contribution in [3.05, 3.63) is 16.6 Å². The summed E-state index contributed by atoms with van der Waals surface area (Å²) in [5.41, 5.74) is 0. The van der Waals surface area contributed by atoms with E-state index in [2.05, 4.69) is 10.3 Å². The molecule has 1 aromatic rings. The summed E-state index contributed by atoms with van der Waals surface area (Å²) in [6.07, 6.45) is 3.29. The molecule has 1 N–H and O–H groups in total. The van der Waals surface area contributed by atoms with E-state index in [0.29, 0.717) is 6.54 Å². The van der Waals surface area contributed by atoms with Gasteiger partial charge in [-0.05, 0) is 12.8 Å². The second-order valence-corrected chi connectivity index (χ2v) is 5.41. The summed E-state index contributed by atoms with van der Waals surface area (Å²) in [5.74, 6) is -0.125. The zero-order valence-corrected chi connectivity index (χ0v) is 10.5. The maximum atomic E-state index is 12.0. The van der Waals surface area contributed by atoms with Gasteiger partial charge in [0.1, 0.15) is 17.7 Å². The summed E-state index contributed by atoms with van der Waals surface area (Å²) >= 11 is 1.46. The van der Waals surface area contributed by atoms with Gasteiger partial charge in [0.2, 0.25) is 5.91 Å². The monoisotopic (exact) mass is 267 g/mol. The number of carbonyl (C=O) groups excluding carboxylic acids is 2. The van der Waals surface area contributed by atoms with Crippen molar-refractivity contribution < 1.29 is 14.3 Å². The van der Waals surface area contributed by atoms with Gasteiger partial charge in [0.15, 0.2) is 0 Å². The lowest BCUT2D eigenvalue weighted by atomic mass is 10.2. The fraction of sp³-hybridized carbons (Fsp3) is 0.545. The summed E-state index contributed by atoms with van der Waals surface area (Å²) in [6, 6.07) is -0.239. The molecule has 0 unspecified atom stereocenters. The highest BCUT2D eigenvalue weighted by Gasteiger charge is 2.40. The van der Waals surface area contributed by atoms with Gasteiger partial charge in [0.05, 0.1) is 6.54 Å². The molecule has 96 valence electrons. The Morgan fingerprint density at radius 1 is 1.61 bits per heavy atom. The fourth-order valence-corrected chi connectivity index (χ4v) is 2.46. The van der Waals surface area contributed by atoms with Crippen LogP contribution >= 0.6 is 11.3 Å². The van der Waals surface area contributed by atoms with Gasteiger partial charge in [-0.2, -0.15) is 0 Å². The van der Waals surface area contributed by atoms with Crippen molar-refractivity contribution in [2.75, 3.05) is 6.61 Å². The number of hydrogen-bond acceptors (Lipinski definition) is 5. The summed E-state index contributed by atoms with van der Waals surface area (Å²) in [7, 11) is 0. The number of aromatic nitrogens is 1. The van der Waals surface area contributed by atoms with Crippen molar-refractivity contribution in [2.45, 2.75) is 31.5 Å². The average Bonchev–Trinajstić information content (AvgIpc) is 2.88. The van der Waals surface area contributed by atoms with Gasteiger partial charge in [-0.15, -0.1) is 11.3 Å². The fourth-order valence-electron chi connectivity index (χ4n) is 1.84. The van der Waals surface area contributed by atoms with E-state index in [9.17, 15) is 9.59 Å². The molecule has 6 nitrogen and oxygen atoms in total. The number of amides is 2. The Hall–Kier alpha value is -1.63. The van der Waals surface area contributed by atoms with Gasteiger partial charge in [0, 0.05) is 17.6 Å². The predicted molar refractivity (Wildman–Crippen MR) is 64.0 cm³/mol. The Balaban J connectivity index is 1.68. The van der Waals surface area contributed by atoms with Crippen molar-refractivity contribution in [3.63, 3.8) is 0 Å². The average molecular weight is 267 g/mol. The molecule has 0 radical (unpaired) electrons. The van der Waals surface area contributed by atoms with Crippen LogP contribution in [-0.2, 0) is 16.1 Å². The molecule has 2 amide bonds. The third kappa shape index (κ3) is 2.31. The van der Waals surface area contributed by atoms with E-state index >= 15 is 0 Å². The smallest absolute Gasteiger partial charge is 0.411 e. The molecule has 0 aromatic carbocycles. The number of hydrogen-bond donors (Lipinski definition) is 1. The summed E-state index contributed by atoms with van der Waals surface area (Å²) < 4.78 is 4.95. The molecular formula is C11H13N3O3S. The normalized spacial score (nSPS) is 23.0. The molecule has 2 aliphatic rings. The molecule has 3 rings (SSSR count). The van der Waals surface area contributed by atoms with Crippen molar-refractivity contribution in [1.29, 1.82) is 0 Å². The number of ether oxygens (including phenoxy) is 1. The van der Waals surface area contributed by atoms with Crippen molar-refractivity contribution in [1.82, 2.24) is 15.2 Å². The topological polar surface area (TPSA) is 71.5 Å². The largest absolute Gasteiger partial charge is 0.447 e. The number of nitrogens with one attached hydrogen (secondary N) is 1. The van der Waals surface area contributed by atoms with Gasteiger partial charge in [-0.1, -0.05) is 0 Å². The second-order valence-electron chi connectivity index (χ2n) is 4.43. The Kier molecular flexibility index (Phi) is 2.91. The zero-order chi connectivity index (χ0) is 12.5. The third-order valence-electron chi connectivity index (χ3n) is 2.99. The number of carbonyl (C=O) groups is 2. The van der Waals surface area contributed by atoms with Crippen LogP contribution in [0, 0.1) is 0 Å². The second kappa shape index (κ2) is 4.56. The highest BCUT2D eigenvalue weighted by atomic mass is 32.1. The van der Waals surface area contributed by atoms with E-state index in [0.717, 1.165) is 17.8 Å². The third-order valence-corrected chi connectivity index (χ3v) is 3.76. The van der Waals surface area contributed by atoms with E-state index in [1.165, 1.54) is 16.2 Å². The molecule has 1 atom stereocenters. The lowest BCUT2D eigenvalue weighted by Gasteiger charge is -2.19. The van der Waals surface area contributed by atoms with E-state index in [4.69, 9.17) is 4.74 Å². The number of nitrogens with zero attached hydrogens (tertiary/aromatic N) is 2. The molecule has 1 saturated carbocycles. The minimum Gasteiger partial charge on any atom is -0.447 e. The molecule has 18 heavy (non-hydrogen) atoms. The first-order chi connectivity index (χ1) is 8.74. The standard InChI is InChI=1S/C11H13N3O3S/c15-10(13-7-1-2-7)8-6-17-11(16)14(8)5-9-12-3-4-18-9/h3-4,7-8H,1-2,5-6H2,(H,13,15)/t8-/m0/s1. The van der Waals surface area contributed by atoms with Crippen LogP contribution in [0.25, 0.3) is 0 Å². The van der Waals surface area contributed by atoms with Crippen LogP contribution in [0.5, 0.6) is 0 Å². The Bertz CT molecular complexity index is 458. The number of cyclic esters (lactones) is 1. The molecule has 0 bridgehead atoms. The summed E-state index contributed by atoms with van der Waals surface area (Å²) in [4.78, 5) is 29.2. The molecule has 1 aliphatic carbocycles. The van der Waals surface area contributed by atoms with Crippen LogP contribution in [-0.4, -0.2) is 40.6 Å². The number of rotatable bonds is 4. The SMILES string of the molecule is O=C(NC1CC1)[C@@H]1COC(=O)N1Cc1nccs1. The van der Waals surface area contributed by atoms with Gasteiger partial charge in [-0.25, -0.2) is 9.78 Å². The van der Waals surface area contributed by atoms with Crippen LogP contribution in [0.3, 0.4) is 0 Å². The lowest BCUT2D eigenvalue weighted by molar-refractivity contribution is -0.125. The van der Waals surface area contributed by atoms with Crippen molar-refractivity contribution >= 4 is 23.3 Å². The minimum atomic E-state index is -0.526. The Morgan fingerprint density at radius 3 is 3.11 bits per heavy atom. The lowest BCUT2D eigenvalue weighted by Crippen LogP contribution is -2.46. The zero-order valence-electron chi connectivity index (χ0n) is 9.67. The van der Waals surface area contributed by atoms with Crippen LogP contribution in [0.2, 0.25) is 0 Å². The van der Waals surface area contributed by atoms with Crippen LogP contribution in [0.15, 0.2) is 11.6 Å². The van der Waals surface area contributed by atoms with Crippen molar-refractivity contribution in [2.24, 2.45) is 0 Å². The van der Waals surface area contributed by atoms with Crippen LogP contribution < -0.4 is 5.32 Å². The molecule has 7 heteroatoms. The Labute approximate surface area is 108 Å². The van der Waals surface area contributed by atoms with Gasteiger partial charge < -0.3 is 10.1 Å². The summed E-state index contributed by atoms with van der Waals surface area (Å²) in [5, 5.41) is 5.54. The van der Waals surface area contributed by atoms with Gasteiger partial charge >= 0.3 is 6.09 Å². The molecule has 1 saturated heterocycles. The van der Waals surface area contributed by atoms with Gasteiger partial charge in [0.25, 0.3) is 0 Å². The first-order valence-electron chi connectivity index (χ1n) is 5.86. The molecule has 0 spiro atoms. The molecular weight excluding hydrogens is 254 g/mol. The maximum Gasteiger partial charge on any atom is 0.411 e. The predicted octanol–water partition coefficient (Wildman–Crippen LogP) is 0.742. The number of thiazole rings is 1. The molecule has 1 aliphatic heterocycles. The van der Waals surface area contributed by atoms with E-state index in [1.807, 2.05) is 5.38 Å². The molecule has 1 aromatic heterocycles. The highest BCUT2D eigenvalue weighted by Crippen LogP contribution is 2.22. The summed E-state index contributed by atoms with van der Waals surface area (Å²) in [6.45, 7) is 0.460. The first-order valence-corrected chi connectivity index (χ1v) is 6.74. The molecule has 2 heterocycles. The highest BCUT2D eigenvalue weighted by molar-refractivity contribution is 7.09. The Morgan fingerprint density at radius 2 is 2.44 bits per heavy atom. The van der Waals surface area contributed by atoms with E-state index in [1.54, 1.807) is 6.20 Å². The van der Waals surface area contributed by atoms with Crippen LogP contribution in [0.1, 0.15) is 17.8 Å². The van der Waals surface area contributed by atoms with Gasteiger partial charge in [-0.3, -0.25) is 9.69 Å². The maximum absolute atomic E-state index is 12.0. The quantitative estimate of drug-likeness (QED) is 0.873. The van der Waals surface area contributed by atoms with Crippen molar-refractivity contribution in [3.8, 4) is 0 Å². The minimum absolute atomic E-state index is 0.125. The first kappa shape index (κ1) is 11.5. The molecule has 2 fully saturated rings. The van der Waals surface area contributed by atoms with E-state index in [-0.39, 0.29) is 18.6 Å². The van der Waals surface area contributed by atoms with E-state index < -0.39 is 12.1 Å².